The van der Waals surface area contributed by atoms with Gasteiger partial charge in [0.25, 0.3) is 11.5 Å². The van der Waals surface area contributed by atoms with E-state index in [1.54, 1.807) is 69.8 Å². The summed E-state index contributed by atoms with van der Waals surface area (Å²) in [6.45, 7) is 5.46. The van der Waals surface area contributed by atoms with Crippen molar-refractivity contribution in [3.63, 3.8) is 0 Å². The van der Waals surface area contributed by atoms with Crippen LogP contribution in [0.5, 0.6) is 0 Å². The average Bonchev–Trinajstić information content (AvgIpc) is 3.11. The summed E-state index contributed by atoms with van der Waals surface area (Å²) in [5, 5.41) is 2.82. The molecule has 1 aromatic heterocycles. The van der Waals surface area contributed by atoms with E-state index >= 15 is 0 Å². The van der Waals surface area contributed by atoms with Crippen LogP contribution in [0.15, 0.2) is 53.5 Å². The van der Waals surface area contributed by atoms with Crippen LogP contribution in [0.25, 0.3) is 5.69 Å². The monoisotopic (exact) mass is 409 g/mol. The fourth-order valence-corrected chi connectivity index (χ4v) is 3.36. The molecule has 2 unspecified atom stereocenters. The van der Waals surface area contributed by atoms with E-state index in [9.17, 15) is 19.2 Å². The highest BCUT2D eigenvalue weighted by molar-refractivity contribution is 5.95. The summed E-state index contributed by atoms with van der Waals surface area (Å²) in [5.41, 5.74) is 5.64. The fourth-order valence-electron chi connectivity index (χ4n) is 3.36. The Kier molecular flexibility index (Phi) is 5.78. The molecule has 3 N–H and O–H groups in total. The summed E-state index contributed by atoms with van der Waals surface area (Å²) in [5.74, 6) is -1.20. The first kappa shape index (κ1) is 21.3. The molecule has 2 atom stereocenters. The van der Waals surface area contributed by atoms with Gasteiger partial charge >= 0.3 is 0 Å². The zero-order chi connectivity index (χ0) is 22.1. The number of aromatic nitrogens is 1. The SMILES string of the molecule is CC(C)(C)C(=O)N1CC(NC(=O)c2ccc(-n3ccccc3=O)cc2)[CH]C1C(N)=O. The zero-order valence-corrected chi connectivity index (χ0v) is 17.2. The van der Waals surface area contributed by atoms with Gasteiger partial charge in [-0.15, -0.1) is 0 Å². The van der Waals surface area contributed by atoms with Crippen molar-refractivity contribution in [1.29, 1.82) is 0 Å². The number of primary amides is 1. The molecular weight excluding hydrogens is 384 g/mol. The molecule has 3 rings (SSSR count). The largest absolute Gasteiger partial charge is 0.368 e. The number of nitrogens with zero attached hydrogens (tertiary/aromatic N) is 2. The van der Waals surface area contributed by atoms with Gasteiger partial charge in [0, 0.05) is 41.9 Å². The van der Waals surface area contributed by atoms with E-state index in [1.807, 2.05) is 0 Å². The fraction of sp³-hybridized carbons (Fsp3) is 0.318. The summed E-state index contributed by atoms with van der Waals surface area (Å²) in [4.78, 5) is 50.4. The smallest absolute Gasteiger partial charge is 0.255 e. The van der Waals surface area contributed by atoms with E-state index < -0.39 is 23.4 Å². The van der Waals surface area contributed by atoms with Crippen molar-refractivity contribution in [3.05, 3.63) is 71.0 Å². The summed E-state index contributed by atoms with van der Waals surface area (Å²) in [7, 11) is 0. The van der Waals surface area contributed by atoms with Gasteiger partial charge < -0.3 is 16.0 Å². The number of nitrogens with two attached hydrogens (primary N) is 1. The van der Waals surface area contributed by atoms with Crippen LogP contribution in [0.2, 0.25) is 0 Å². The summed E-state index contributed by atoms with van der Waals surface area (Å²) in [6.07, 6.45) is 3.23. The van der Waals surface area contributed by atoms with Gasteiger partial charge in [0.2, 0.25) is 11.8 Å². The zero-order valence-electron chi connectivity index (χ0n) is 17.2. The molecule has 30 heavy (non-hydrogen) atoms. The molecule has 0 saturated carbocycles. The van der Waals surface area contributed by atoms with Gasteiger partial charge in [0.05, 0.1) is 6.04 Å². The van der Waals surface area contributed by atoms with Crippen molar-refractivity contribution in [1.82, 2.24) is 14.8 Å². The standard InChI is InChI=1S/C22H25N4O4/c1-22(2,3)21(30)26-13-15(12-17(26)19(23)28)24-20(29)14-7-9-16(10-8-14)25-11-5-4-6-18(25)27/h4-12,15,17H,13H2,1-3H3,(H2,23,28)(H,24,29). The molecule has 1 saturated heterocycles. The first-order valence-electron chi connectivity index (χ1n) is 9.62. The lowest BCUT2D eigenvalue weighted by Crippen LogP contribution is -2.48. The van der Waals surface area contributed by atoms with Crippen LogP contribution in [-0.4, -0.2) is 45.8 Å². The lowest BCUT2D eigenvalue weighted by atomic mass is 9.94. The van der Waals surface area contributed by atoms with Crippen LogP contribution in [0.4, 0.5) is 0 Å². The second-order valence-electron chi connectivity index (χ2n) is 8.28. The number of carbonyl (C=O) groups excluding carboxylic acids is 3. The summed E-state index contributed by atoms with van der Waals surface area (Å²) in [6, 6.07) is 10.1. The van der Waals surface area contributed by atoms with E-state index in [1.165, 1.54) is 15.5 Å². The van der Waals surface area contributed by atoms with E-state index in [0.717, 1.165) is 0 Å². The topological polar surface area (TPSA) is 114 Å². The van der Waals surface area contributed by atoms with E-state index in [4.69, 9.17) is 5.73 Å². The maximum Gasteiger partial charge on any atom is 0.255 e. The van der Waals surface area contributed by atoms with E-state index in [-0.39, 0.29) is 23.9 Å². The molecule has 8 heteroatoms. The van der Waals surface area contributed by atoms with Crippen LogP contribution in [-0.2, 0) is 9.59 Å². The number of amides is 3. The number of hydrogen-bond acceptors (Lipinski definition) is 4. The number of carbonyl (C=O) groups is 3. The maximum absolute atomic E-state index is 12.6. The molecule has 157 valence electrons. The normalized spacial score (nSPS) is 18.8. The third-order valence-electron chi connectivity index (χ3n) is 4.88. The Bertz CT molecular complexity index is 1020. The second-order valence-corrected chi connectivity index (χ2v) is 8.28. The van der Waals surface area contributed by atoms with Crippen molar-refractivity contribution in [2.75, 3.05) is 6.54 Å². The molecule has 8 nitrogen and oxygen atoms in total. The molecule has 1 fully saturated rings. The molecule has 1 aromatic carbocycles. The molecule has 2 heterocycles. The van der Waals surface area contributed by atoms with E-state index in [0.29, 0.717) is 11.3 Å². The first-order chi connectivity index (χ1) is 14.1. The number of pyridine rings is 1. The van der Waals surface area contributed by atoms with Gasteiger partial charge in [-0.05, 0) is 30.3 Å². The first-order valence-corrected chi connectivity index (χ1v) is 9.62. The molecular formula is C22H25N4O4. The minimum Gasteiger partial charge on any atom is -0.368 e. The Hall–Kier alpha value is -3.42. The number of likely N-dealkylation sites (tertiary alicyclic amines) is 1. The Morgan fingerprint density at radius 3 is 2.30 bits per heavy atom. The van der Waals surface area contributed by atoms with Crippen LogP contribution in [0.3, 0.4) is 0 Å². The third kappa shape index (κ3) is 4.42. The second kappa shape index (κ2) is 8.14. The third-order valence-corrected chi connectivity index (χ3v) is 4.88. The van der Waals surface area contributed by atoms with Crippen LogP contribution in [0, 0.1) is 11.8 Å². The van der Waals surface area contributed by atoms with Crippen LogP contribution in [0.1, 0.15) is 31.1 Å². The van der Waals surface area contributed by atoms with Gasteiger partial charge in [0.15, 0.2) is 0 Å². The van der Waals surface area contributed by atoms with Gasteiger partial charge in [-0.2, -0.15) is 0 Å². The van der Waals surface area contributed by atoms with Crippen molar-refractivity contribution < 1.29 is 14.4 Å². The van der Waals surface area contributed by atoms with Crippen LogP contribution < -0.4 is 16.6 Å². The molecule has 1 aliphatic rings. The lowest BCUT2D eigenvalue weighted by molar-refractivity contribution is -0.143. The van der Waals surface area contributed by atoms with Gasteiger partial charge in [-0.1, -0.05) is 26.8 Å². The Labute approximate surface area is 174 Å². The van der Waals surface area contributed by atoms with Crippen LogP contribution >= 0.6 is 0 Å². The maximum atomic E-state index is 12.6. The van der Waals surface area contributed by atoms with E-state index in [2.05, 4.69) is 5.32 Å². The predicted octanol–water partition coefficient (Wildman–Crippen LogP) is 0.882. The quantitative estimate of drug-likeness (QED) is 0.780. The Balaban J connectivity index is 1.71. The summed E-state index contributed by atoms with van der Waals surface area (Å²) >= 11 is 0. The van der Waals surface area contributed by atoms with Crippen molar-refractivity contribution in [2.24, 2.45) is 11.1 Å². The molecule has 1 radical (unpaired) electrons. The van der Waals surface area contributed by atoms with Gasteiger partial charge in [-0.3, -0.25) is 23.7 Å². The number of nitrogens with one attached hydrogen (secondary N) is 1. The minimum absolute atomic E-state index is 0.170. The molecule has 1 aliphatic heterocycles. The molecule has 0 bridgehead atoms. The number of rotatable bonds is 4. The highest BCUT2D eigenvalue weighted by Gasteiger charge is 2.42. The van der Waals surface area contributed by atoms with Gasteiger partial charge in [0.1, 0.15) is 6.04 Å². The number of hydrogen-bond donors (Lipinski definition) is 2. The molecule has 3 amide bonds. The Morgan fingerprint density at radius 2 is 1.73 bits per heavy atom. The number of benzene rings is 1. The Morgan fingerprint density at radius 1 is 1.07 bits per heavy atom. The van der Waals surface area contributed by atoms with Crippen molar-refractivity contribution in [3.8, 4) is 5.69 Å². The highest BCUT2D eigenvalue weighted by atomic mass is 16.2. The molecule has 0 spiro atoms. The van der Waals surface area contributed by atoms with Crippen molar-refractivity contribution in [2.45, 2.75) is 32.9 Å². The minimum atomic E-state index is -0.866. The predicted molar refractivity (Wildman–Crippen MR) is 112 cm³/mol. The van der Waals surface area contributed by atoms with Gasteiger partial charge in [-0.25, -0.2) is 0 Å². The molecule has 2 aromatic rings. The highest BCUT2D eigenvalue weighted by Crippen LogP contribution is 2.25. The van der Waals surface area contributed by atoms with Crippen molar-refractivity contribution >= 4 is 17.7 Å². The molecule has 0 aliphatic carbocycles. The summed E-state index contributed by atoms with van der Waals surface area (Å²) < 4.78 is 1.47. The lowest BCUT2D eigenvalue weighted by Gasteiger charge is -2.29. The average molecular weight is 409 g/mol.